The Morgan fingerprint density at radius 1 is 1.33 bits per heavy atom. The van der Waals surface area contributed by atoms with Gasteiger partial charge in [0.05, 0.1) is 6.04 Å². The minimum absolute atomic E-state index is 0.00549. The van der Waals surface area contributed by atoms with E-state index in [-0.39, 0.29) is 11.9 Å². The maximum absolute atomic E-state index is 12.9. The number of aromatic nitrogens is 1. The Bertz CT molecular complexity index is 673. The third kappa shape index (κ3) is 3.74. The highest BCUT2D eigenvalue weighted by molar-refractivity contribution is 5.81. The van der Waals surface area contributed by atoms with Crippen molar-refractivity contribution >= 4 is 5.91 Å². The number of carbonyl (C=O) groups excluding carboxylic acids is 1. The molecule has 1 fully saturated rings. The molecule has 2 aromatic rings. The third-order valence-electron chi connectivity index (χ3n) is 4.28. The predicted octanol–water partition coefficient (Wildman–Crippen LogP) is 2.33. The zero-order chi connectivity index (χ0) is 16.9. The first-order chi connectivity index (χ1) is 11.6. The van der Waals surface area contributed by atoms with Gasteiger partial charge >= 0.3 is 0 Å². The van der Waals surface area contributed by atoms with Gasteiger partial charge in [0.2, 0.25) is 0 Å². The van der Waals surface area contributed by atoms with E-state index in [1.165, 1.54) is 5.56 Å². The molecule has 1 amide bonds. The summed E-state index contributed by atoms with van der Waals surface area (Å²) in [5.74, 6) is 0.723. The Morgan fingerprint density at radius 3 is 2.83 bits per heavy atom. The van der Waals surface area contributed by atoms with Crippen LogP contribution in [0.1, 0.15) is 24.1 Å². The summed E-state index contributed by atoms with van der Waals surface area (Å²) in [6.07, 6.45) is 3.04. The number of hydrogen-bond acceptors (Lipinski definition) is 4. The van der Waals surface area contributed by atoms with E-state index in [4.69, 9.17) is 4.74 Å². The van der Waals surface area contributed by atoms with Gasteiger partial charge in [0, 0.05) is 32.0 Å². The number of rotatable bonds is 4. The summed E-state index contributed by atoms with van der Waals surface area (Å²) in [4.78, 5) is 19.0. The van der Waals surface area contributed by atoms with Crippen molar-refractivity contribution in [3.8, 4) is 5.75 Å². The van der Waals surface area contributed by atoms with E-state index in [1.54, 1.807) is 6.20 Å². The second kappa shape index (κ2) is 7.45. The van der Waals surface area contributed by atoms with E-state index in [1.807, 2.05) is 61.3 Å². The Labute approximate surface area is 142 Å². The van der Waals surface area contributed by atoms with Gasteiger partial charge in [-0.15, -0.1) is 0 Å². The molecule has 1 aromatic carbocycles. The number of hydrogen-bond donors (Lipinski definition) is 1. The van der Waals surface area contributed by atoms with Crippen LogP contribution in [0.5, 0.6) is 5.75 Å². The van der Waals surface area contributed by atoms with E-state index in [2.05, 4.69) is 10.3 Å². The van der Waals surface area contributed by atoms with Gasteiger partial charge in [0.25, 0.3) is 5.91 Å². The molecule has 1 saturated heterocycles. The fourth-order valence-electron chi connectivity index (χ4n) is 2.94. The molecule has 2 atom stereocenters. The number of ether oxygens (including phenoxy) is 1. The van der Waals surface area contributed by atoms with Crippen LogP contribution in [0.3, 0.4) is 0 Å². The summed E-state index contributed by atoms with van der Waals surface area (Å²) in [5.41, 5.74) is 2.21. The van der Waals surface area contributed by atoms with Crippen molar-refractivity contribution in [2.24, 2.45) is 0 Å². The summed E-state index contributed by atoms with van der Waals surface area (Å²) in [6.45, 7) is 6.02. The number of nitrogens with zero attached hydrogens (tertiary/aromatic N) is 2. The van der Waals surface area contributed by atoms with Crippen LogP contribution in [0.15, 0.2) is 48.8 Å². The lowest BCUT2D eigenvalue weighted by Gasteiger charge is -2.37. The van der Waals surface area contributed by atoms with Gasteiger partial charge in [-0.05, 0) is 37.6 Å². The molecule has 0 bridgehead atoms. The average molecular weight is 325 g/mol. The van der Waals surface area contributed by atoms with Gasteiger partial charge in [0.1, 0.15) is 5.75 Å². The summed E-state index contributed by atoms with van der Waals surface area (Å²) in [7, 11) is 0. The van der Waals surface area contributed by atoms with Gasteiger partial charge in [-0.3, -0.25) is 9.78 Å². The molecule has 0 saturated carbocycles. The SMILES string of the molecule is Cc1ccc(OC(C)C(=O)N2CCNCC2c2cccnc2)cc1. The number of amides is 1. The second-order valence-electron chi connectivity index (χ2n) is 6.11. The summed E-state index contributed by atoms with van der Waals surface area (Å²) in [5, 5.41) is 3.35. The smallest absolute Gasteiger partial charge is 0.263 e. The molecule has 1 aromatic heterocycles. The molecule has 0 radical (unpaired) electrons. The van der Waals surface area contributed by atoms with Crippen LogP contribution in [0, 0.1) is 6.92 Å². The van der Waals surface area contributed by atoms with Crippen LogP contribution in [-0.2, 0) is 4.79 Å². The molecule has 5 nitrogen and oxygen atoms in total. The zero-order valence-corrected chi connectivity index (χ0v) is 14.1. The third-order valence-corrected chi connectivity index (χ3v) is 4.28. The standard InChI is InChI=1S/C19H23N3O2/c1-14-5-7-17(8-6-14)24-15(2)19(23)22-11-10-21-13-18(22)16-4-3-9-20-12-16/h3-9,12,15,18,21H,10-11,13H2,1-2H3. The predicted molar refractivity (Wildman–Crippen MR) is 92.8 cm³/mol. The van der Waals surface area contributed by atoms with Crippen molar-refractivity contribution in [1.29, 1.82) is 0 Å². The molecule has 1 aliphatic rings. The van der Waals surface area contributed by atoms with Gasteiger partial charge in [-0.2, -0.15) is 0 Å². The van der Waals surface area contributed by atoms with Gasteiger partial charge in [-0.25, -0.2) is 0 Å². The molecule has 1 aliphatic heterocycles. The Kier molecular flexibility index (Phi) is 5.11. The van der Waals surface area contributed by atoms with E-state index >= 15 is 0 Å². The van der Waals surface area contributed by atoms with E-state index in [9.17, 15) is 4.79 Å². The first-order valence-electron chi connectivity index (χ1n) is 8.29. The molecule has 5 heteroatoms. The average Bonchev–Trinajstić information content (AvgIpc) is 2.63. The highest BCUT2D eigenvalue weighted by Gasteiger charge is 2.31. The molecule has 2 unspecified atom stereocenters. The largest absolute Gasteiger partial charge is 0.481 e. The molecular formula is C19H23N3O2. The quantitative estimate of drug-likeness (QED) is 0.937. The minimum atomic E-state index is -0.523. The van der Waals surface area contributed by atoms with Gasteiger partial charge < -0.3 is 15.0 Å². The van der Waals surface area contributed by atoms with Crippen LogP contribution in [0.2, 0.25) is 0 Å². The maximum atomic E-state index is 12.9. The van der Waals surface area contributed by atoms with Crippen molar-refractivity contribution in [2.45, 2.75) is 26.0 Å². The van der Waals surface area contributed by atoms with Crippen molar-refractivity contribution in [2.75, 3.05) is 19.6 Å². The van der Waals surface area contributed by atoms with Gasteiger partial charge in [-0.1, -0.05) is 23.8 Å². The lowest BCUT2D eigenvalue weighted by atomic mass is 10.0. The van der Waals surface area contributed by atoms with Crippen molar-refractivity contribution < 1.29 is 9.53 Å². The molecule has 2 heterocycles. The second-order valence-corrected chi connectivity index (χ2v) is 6.11. The summed E-state index contributed by atoms with van der Waals surface area (Å²) >= 11 is 0. The van der Waals surface area contributed by atoms with Crippen molar-refractivity contribution in [1.82, 2.24) is 15.2 Å². The minimum Gasteiger partial charge on any atom is -0.481 e. The van der Waals surface area contributed by atoms with E-state index in [0.29, 0.717) is 6.54 Å². The van der Waals surface area contributed by atoms with Gasteiger partial charge in [0.15, 0.2) is 6.10 Å². The summed E-state index contributed by atoms with van der Waals surface area (Å²) < 4.78 is 5.84. The van der Waals surface area contributed by atoms with Crippen LogP contribution < -0.4 is 10.1 Å². The van der Waals surface area contributed by atoms with Crippen LogP contribution in [0.25, 0.3) is 0 Å². The summed E-state index contributed by atoms with van der Waals surface area (Å²) in [6, 6.07) is 11.7. The Hall–Kier alpha value is -2.40. The number of aryl methyl sites for hydroxylation is 1. The fourth-order valence-corrected chi connectivity index (χ4v) is 2.94. The highest BCUT2D eigenvalue weighted by atomic mass is 16.5. The van der Waals surface area contributed by atoms with Crippen LogP contribution in [0.4, 0.5) is 0 Å². The molecule has 0 spiro atoms. The molecular weight excluding hydrogens is 302 g/mol. The maximum Gasteiger partial charge on any atom is 0.263 e. The highest BCUT2D eigenvalue weighted by Crippen LogP contribution is 2.23. The van der Waals surface area contributed by atoms with Crippen LogP contribution in [-0.4, -0.2) is 41.5 Å². The van der Waals surface area contributed by atoms with Crippen molar-refractivity contribution in [3.63, 3.8) is 0 Å². The van der Waals surface area contributed by atoms with E-state index < -0.39 is 6.10 Å². The number of piperazine rings is 1. The molecule has 24 heavy (non-hydrogen) atoms. The molecule has 3 rings (SSSR count). The first-order valence-corrected chi connectivity index (χ1v) is 8.29. The van der Waals surface area contributed by atoms with E-state index in [0.717, 1.165) is 24.4 Å². The Morgan fingerprint density at radius 2 is 2.12 bits per heavy atom. The lowest BCUT2D eigenvalue weighted by molar-refractivity contribution is -0.141. The topological polar surface area (TPSA) is 54.5 Å². The number of benzene rings is 1. The number of carbonyl (C=O) groups is 1. The normalized spacial score (nSPS) is 18.9. The zero-order valence-electron chi connectivity index (χ0n) is 14.1. The number of nitrogens with one attached hydrogen (secondary N) is 1. The first kappa shape index (κ1) is 16.5. The number of pyridine rings is 1. The molecule has 1 N–H and O–H groups in total. The molecule has 0 aliphatic carbocycles. The van der Waals surface area contributed by atoms with Crippen LogP contribution >= 0.6 is 0 Å². The monoisotopic (exact) mass is 325 g/mol. The van der Waals surface area contributed by atoms with Crippen molar-refractivity contribution in [3.05, 3.63) is 59.9 Å². The fraction of sp³-hybridized carbons (Fsp3) is 0.368. The lowest BCUT2D eigenvalue weighted by Crippen LogP contribution is -2.52. The Balaban J connectivity index is 1.72. The molecule has 126 valence electrons.